The highest BCUT2D eigenvalue weighted by Crippen LogP contribution is 2.11. The quantitative estimate of drug-likeness (QED) is 0.788. The van der Waals surface area contributed by atoms with Crippen LogP contribution in [0.25, 0.3) is 0 Å². The Morgan fingerprint density at radius 1 is 1.40 bits per heavy atom. The van der Waals surface area contributed by atoms with Crippen molar-refractivity contribution >= 4 is 6.03 Å². The van der Waals surface area contributed by atoms with E-state index in [0.29, 0.717) is 13.1 Å². The first-order valence-electron chi connectivity index (χ1n) is 4.91. The number of hydrogen-bond donors (Lipinski definition) is 2. The van der Waals surface area contributed by atoms with E-state index in [-0.39, 0.29) is 6.03 Å². The summed E-state index contributed by atoms with van der Waals surface area (Å²) in [6.07, 6.45) is 0. The van der Waals surface area contributed by atoms with Gasteiger partial charge in [0.05, 0.1) is 7.11 Å². The molecule has 0 saturated heterocycles. The second kappa shape index (κ2) is 5.90. The molecule has 1 aromatic rings. The first-order chi connectivity index (χ1) is 7.26. The predicted molar refractivity (Wildman–Crippen MR) is 58.9 cm³/mol. The van der Waals surface area contributed by atoms with Crippen molar-refractivity contribution in [3.8, 4) is 5.75 Å². The van der Waals surface area contributed by atoms with Crippen molar-refractivity contribution < 1.29 is 9.53 Å². The molecule has 1 aromatic carbocycles. The summed E-state index contributed by atoms with van der Waals surface area (Å²) in [5.41, 5.74) is 1.01. The van der Waals surface area contributed by atoms with Crippen molar-refractivity contribution in [2.24, 2.45) is 0 Å². The molecular formula is C11H16N2O2. The van der Waals surface area contributed by atoms with Gasteiger partial charge in [-0.2, -0.15) is 0 Å². The highest BCUT2D eigenvalue weighted by molar-refractivity contribution is 5.73. The topological polar surface area (TPSA) is 50.4 Å². The Bertz CT molecular complexity index is 326. The highest BCUT2D eigenvalue weighted by Gasteiger charge is 1.99. The number of nitrogens with one attached hydrogen (secondary N) is 2. The third-order valence-corrected chi connectivity index (χ3v) is 1.92. The molecule has 0 aromatic heterocycles. The molecule has 0 fully saturated rings. The van der Waals surface area contributed by atoms with Crippen LogP contribution in [0.3, 0.4) is 0 Å². The van der Waals surface area contributed by atoms with Crippen LogP contribution in [0, 0.1) is 0 Å². The molecule has 4 heteroatoms. The molecule has 82 valence electrons. The minimum absolute atomic E-state index is 0.152. The third-order valence-electron chi connectivity index (χ3n) is 1.92. The molecule has 0 aliphatic carbocycles. The molecule has 0 radical (unpaired) electrons. The minimum Gasteiger partial charge on any atom is -0.497 e. The summed E-state index contributed by atoms with van der Waals surface area (Å²) in [5, 5.41) is 5.41. The lowest BCUT2D eigenvalue weighted by atomic mass is 10.2. The minimum atomic E-state index is -0.152. The van der Waals surface area contributed by atoms with Gasteiger partial charge in [0, 0.05) is 13.1 Å². The summed E-state index contributed by atoms with van der Waals surface area (Å²) in [5.74, 6) is 0.796. The zero-order valence-corrected chi connectivity index (χ0v) is 9.04. The van der Waals surface area contributed by atoms with Crippen LogP contribution in [0.1, 0.15) is 12.5 Å². The van der Waals surface area contributed by atoms with Gasteiger partial charge in [0.1, 0.15) is 5.75 Å². The number of carbonyl (C=O) groups excluding carboxylic acids is 1. The van der Waals surface area contributed by atoms with Gasteiger partial charge in [-0.25, -0.2) is 4.79 Å². The lowest BCUT2D eigenvalue weighted by molar-refractivity contribution is 0.241. The summed E-state index contributed by atoms with van der Waals surface area (Å²) < 4.78 is 5.08. The first-order valence-corrected chi connectivity index (χ1v) is 4.91. The fraction of sp³-hybridized carbons (Fsp3) is 0.364. The van der Waals surface area contributed by atoms with Crippen molar-refractivity contribution in [3.05, 3.63) is 29.8 Å². The summed E-state index contributed by atoms with van der Waals surface area (Å²) in [6.45, 7) is 3.01. The largest absolute Gasteiger partial charge is 0.497 e. The van der Waals surface area contributed by atoms with Gasteiger partial charge in [-0.3, -0.25) is 0 Å². The fourth-order valence-electron chi connectivity index (χ4n) is 1.19. The van der Waals surface area contributed by atoms with Crippen LogP contribution >= 0.6 is 0 Å². The maximum absolute atomic E-state index is 11.1. The molecule has 1 rings (SSSR count). The van der Waals surface area contributed by atoms with Crippen LogP contribution in [-0.4, -0.2) is 19.7 Å². The van der Waals surface area contributed by atoms with Gasteiger partial charge in [0.15, 0.2) is 0 Å². The molecular weight excluding hydrogens is 192 g/mol. The van der Waals surface area contributed by atoms with Gasteiger partial charge in [0.2, 0.25) is 0 Å². The highest BCUT2D eigenvalue weighted by atomic mass is 16.5. The lowest BCUT2D eigenvalue weighted by Gasteiger charge is -2.07. The number of ether oxygens (including phenoxy) is 1. The Hall–Kier alpha value is -1.71. The number of carbonyl (C=O) groups is 1. The van der Waals surface area contributed by atoms with Gasteiger partial charge in [-0.1, -0.05) is 12.1 Å². The van der Waals surface area contributed by atoms with Crippen molar-refractivity contribution in [2.45, 2.75) is 13.5 Å². The summed E-state index contributed by atoms with van der Waals surface area (Å²) >= 11 is 0. The number of amides is 2. The van der Waals surface area contributed by atoms with E-state index in [0.717, 1.165) is 11.3 Å². The third kappa shape index (κ3) is 3.89. The molecule has 0 bridgehead atoms. The van der Waals surface area contributed by atoms with E-state index in [1.54, 1.807) is 7.11 Å². The fourth-order valence-corrected chi connectivity index (χ4v) is 1.19. The molecule has 0 unspecified atom stereocenters. The average molecular weight is 208 g/mol. The summed E-state index contributed by atoms with van der Waals surface area (Å²) in [7, 11) is 1.62. The van der Waals surface area contributed by atoms with Gasteiger partial charge in [-0.05, 0) is 24.6 Å². The first kappa shape index (κ1) is 11.4. The van der Waals surface area contributed by atoms with Crippen molar-refractivity contribution in [2.75, 3.05) is 13.7 Å². The normalized spacial score (nSPS) is 9.47. The van der Waals surface area contributed by atoms with E-state index >= 15 is 0 Å². The molecule has 15 heavy (non-hydrogen) atoms. The number of benzene rings is 1. The van der Waals surface area contributed by atoms with E-state index in [9.17, 15) is 4.79 Å². The van der Waals surface area contributed by atoms with Crippen molar-refractivity contribution in [1.82, 2.24) is 10.6 Å². The molecule has 2 N–H and O–H groups in total. The smallest absolute Gasteiger partial charge is 0.315 e. The molecule has 0 spiro atoms. The van der Waals surface area contributed by atoms with E-state index in [4.69, 9.17) is 4.74 Å². The van der Waals surface area contributed by atoms with Crippen LogP contribution in [0.15, 0.2) is 24.3 Å². The monoisotopic (exact) mass is 208 g/mol. The Labute approximate surface area is 89.6 Å². The molecule has 0 atom stereocenters. The van der Waals surface area contributed by atoms with Crippen molar-refractivity contribution in [3.63, 3.8) is 0 Å². The van der Waals surface area contributed by atoms with Crippen LogP contribution in [0.2, 0.25) is 0 Å². The summed E-state index contributed by atoms with van der Waals surface area (Å²) in [4.78, 5) is 11.1. The van der Waals surface area contributed by atoms with Crippen LogP contribution in [-0.2, 0) is 6.54 Å². The van der Waals surface area contributed by atoms with Gasteiger partial charge in [-0.15, -0.1) is 0 Å². The Balaban J connectivity index is 2.46. The van der Waals surface area contributed by atoms with Crippen LogP contribution in [0.4, 0.5) is 4.79 Å². The van der Waals surface area contributed by atoms with Gasteiger partial charge < -0.3 is 15.4 Å². The zero-order chi connectivity index (χ0) is 11.1. The average Bonchev–Trinajstić information content (AvgIpc) is 2.27. The number of hydrogen-bond acceptors (Lipinski definition) is 2. The Morgan fingerprint density at radius 2 is 2.20 bits per heavy atom. The van der Waals surface area contributed by atoms with Crippen molar-refractivity contribution in [1.29, 1.82) is 0 Å². The van der Waals surface area contributed by atoms with Gasteiger partial charge >= 0.3 is 6.03 Å². The standard InChI is InChI=1S/C11H16N2O2/c1-3-12-11(14)13-8-9-5-4-6-10(7-9)15-2/h4-7H,3,8H2,1-2H3,(H2,12,13,14). The summed E-state index contributed by atoms with van der Waals surface area (Å²) in [6, 6.07) is 7.45. The number of rotatable bonds is 4. The van der Waals surface area contributed by atoms with E-state index < -0.39 is 0 Å². The molecule has 0 aliphatic rings. The predicted octanol–water partition coefficient (Wildman–Crippen LogP) is 1.51. The van der Waals surface area contributed by atoms with E-state index in [1.165, 1.54) is 0 Å². The maximum Gasteiger partial charge on any atom is 0.315 e. The lowest BCUT2D eigenvalue weighted by Crippen LogP contribution is -2.34. The van der Waals surface area contributed by atoms with Crippen LogP contribution < -0.4 is 15.4 Å². The zero-order valence-electron chi connectivity index (χ0n) is 9.04. The molecule has 2 amide bonds. The van der Waals surface area contributed by atoms with Crippen LogP contribution in [0.5, 0.6) is 5.75 Å². The SMILES string of the molecule is CCNC(=O)NCc1cccc(OC)c1. The molecule has 0 heterocycles. The Morgan fingerprint density at radius 3 is 2.87 bits per heavy atom. The molecule has 4 nitrogen and oxygen atoms in total. The molecule has 0 aliphatic heterocycles. The number of methoxy groups -OCH3 is 1. The van der Waals surface area contributed by atoms with Gasteiger partial charge in [0.25, 0.3) is 0 Å². The second-order valence-electron chi connectivity index (χ2n) is 3.06. The molecule has 0 saturated carbocycles. The van der Waals surface area contributed by atoms with E-state index in [2.05, 4.69) is 10.6 Å². The number of urea groups is 1. The van der Waals surface area contributed by atoms with E-state index in [1.807, 2.05) is 31.2 Å². The second-order valence-corrected chi connectivity index (χ2v) is 3.06. The Kier molecular flexibility index (Phi) is 4.47. The maximum atomic E-state index is 11.1.